The third kappa shape index (κ3) is 4.35. The summed E-state index contributed by atoms with van der Waals surface area (Å²) in [5.74, 6) is -2.19. The fraction of sp³-hybridized carbons (Fsp3) is 0.192. The van der Waals surface area contributed by atoms with Gasteiger partial charge in [0, 0.05) is 36.5 Å². The molecule has 0 bridgehead atoms. The number of fused-ring (bicyclic) bond motifs is 1. The smallest absolute Gasteiger partial charge is 0.407 e. The Morgan fingerprint density at radius 2 is 1.72 bits per heavy atom. The molecule has 0 aliphatic carbocycles. The lowest BCUT2D eigenvalue weighted by Crippen LogP contribution is -2.39. The Labute approximate surface area is 208 Å². The molecule has 184 valence electrons. The molecule has 2 N–H and O–H groups in total. The van der Waals surface area contributed by atoms with Crippen LogP contribution >= 0.6 is 11.3 Å². The topological polar surface area (TPSA) is 91.6 Å². The number of piperidine rings is 1. The van der Waals surface area contributed by atoms with E-state index in [2.05, 4.69) is 5.32 Å². The number of hydrogen-bond acceptors (Lipinski definition) is 5. The van der Waals surface area contributed by atoms with E-state index in [1.165, 1.54) is 21.6 Å². The van der Waals surface area contributed by atoms with Crippen molar-refractivity contribution in [1.29, 1.82) is 0 Å². The monoisotopic (exact) mass is 509 g/mol. The Balaban J connectivity index is 1.64. The van der Waals surface area contributed by atoms with E-state index >= 15 is 0 Å². The number of carbonyl (C=O) groups excluding carboxylic acids is 1. The molecule has 0 saturated carbocycles. The minimum atomic E-state index is -1.02. The standard InChI is InChI=1S/C26H21F2N3O4S/c27-16-6-8-20(19(28)14-16)29-22-18-7-9-21(32)31(17-4-2-1-3-5-17)25(18)36-24(22)23(33)15-10-12-30(13-11-15)26(34)35/h1-9,14-15,29H,10-13H2,(H,34,35). The number of halogens is 2. The first-order valence-electron chi connectivity index (χ1n) is 11.3. The molecule has 5 rings (SSSR count). The predicted molar refractivity (Wildman–Crippen MR) is 134 cm³/mol. The number of aromatic nitrogens is 1. The van der Waals surface area contributed by atoms with Gasteiger partial charge in [0.2, 0.25) is 0 Å². The zero-order valence-electron chi connectivity index (χ0n) is 18.9. The number of ketones is 1. The molecule has 7 nitrogen and oxygen atoms in total. The third-order valence-corrected chi connectivity index (χ3v) is 7.51. The van der Waals surface area contributed by atoms with E-state index in [9.17, 15) is 28.3 Å². The van der Waals surface area contributed by atoms with Crippen LogP contribution in [0.4, 0.5) is 25.0 Å². The molecule has 4 aromatic rings. The fourth-order valence-corrected chi connectivity index (χ4v) is 5.74. The first kappa shape index (κ1) is 23.7. The molecule has 1 fully saturated rings. The van der Waals surface area contributed by atoms with Crippen LogP contribution in [0.2, 0.25) is 0 Å². The van der Waals surface area contributed by atoms with Crippen LogP contribution < -0.4 is 10.9 Å². The van der Waals surface area contributed by atoms with Crippen LogP contribution in [0.5, 0.6) is 0 Å². The van der Waals surface area contributed by atoms with Crippen molar-refractivity contribution in [1.82, 2.24) is 9.47 Å². The average Bonchev–Trinajstić information content (AvgIpc) is 3.23. The molecular weight excluding hydrogens is 488 g/mol. The summed E-state index contributed by atoms with van der Waals surface area (Å²) >= 11 is 1.12. The van der Waals surface area contributed by atoms with Gasteiger partial charge in [-0.2, -0.15) is 0 Å². The number of hydrogen-bond donors (Lipinski definition) is 2. The van der Waals surface area contributed by atoms with Crippen LogP contribution in [0.3, 0.4) is 0 Å². The highest BCUT2D eigenvalue weighted by molar-refractivity contribution is 7.21. The van der Waals surface area contributed by atoms with Gasteiger partial charge in [-0.15, -0.1) is 11.3 Å². The highest BCUT2D eigenvalue weighted by Crippen LogP contribution is 2.40. The lowest BCUT2D eigenvalue weighted by atomic mass is 9.91. The number of nitrogens with one attached hydrogen (secondary N) is 1. The molecule has 0 radical (unpaired) electrons. The Bertz CT molecular complexity index is 1530. The van der Waals surface area contributed by atoms with Gasteiger partial charge in [0.15, 0.2) is 5.78 Å². The second-order valence-corrected chi connectivity index (χ2v) is 9.52. The van der Waals surface area contributed by atoms with E-state index in [-0.39, 0.29) is 30.1 Å². The van der Waals surface area contributed by atoms with Crippen LogP contribution in [-0.2, 0) is 0 Å². The summed E-state index contributed by atoms with van der Waals surface area (Å²) in [6.45, 7) is 0.474. The molecule has 36 heavy (non-hydrogen) atoms. The van der Waals surface area contributed by atoms with Crippen molar-refractivity contribution >= 4 is 44.8 Å². The predicted octanol–water partition coefficient (Wildman–Crippen LogP) is 5.65. The Kier molecular flexibility index (Phi) is 6.27. The summed E-state index contributed by atoms with van der Waals surface area (Å²) < 4.78 is 29.6. The molecule has 1 amide bonds. The van der Waals surface area contributed by atoms with Crippen molar-refractivity contribution in [2.75, 3.05) is 18.4 Å². The number of para-hydroxylation sites is 1. The fourth-order valence-electron chi connectivity index (χ4n) is 4.44. The summed E-state index contributed by atoms with van der Waals surface area (Å²) in [4.78, 5) is 39.9. The maximum absolute atomic E-state index is 14.6. The SMILES string of the molecule is O=C(c1sc2c(ccc(=O)n2-c2ccccc2)c1Nc1ccc(F)cc1F)C1CCN(C(=O)O)CC1. The summed E-state index contributed by atoms with van der Waals surface area (Å²) in [5.41, 5.74) is 0.644. The molecule has 3 heterocycles. The van der Waals surface area contributed by atoms with E-state index in [0.29, 0.717) is 39.3 Å². The number of thiophene rings is 1. The van der Waals surface area contributed by atoms with E-state index < -0.39 is 23.6 Å². The third-order valence-electron chi connectivity index (χ3n) is 6.31. The number of carbonyl (C=O) groups is 2. The van der Waals surface area contributed by atoms with Crippen LogP contribution in [0.15, 0.2) is 65.5 Å². The Hall–Kier alpha value is -4.05. The van der Waals surface area contributed by atoms with E-state index in [4.69, 9.17) is 0 Å². The number of carboxylic acid groups (broad SMARTS) is 1. The number of likely N-dealkylation sites (tertiary alicyclic amines) is 1. The molecule has 10 heteroatoms. The van der Waals surface area contributed by atoms with Crippen molar-refractivity contribution in [3.05, 3.63) is 87.5 Å². The van der Waals surface area contributed by atoms with E-state index in [0.717, 1.165) is 23.5 Å². The largest absolute Gasteiger partial charge is 0.465 e. The molecule has 0 unspecified atom stereocenters. The van der Waals surface area contributed by atoms with Gasteiger partial charge in [-0.3, -0.25) is 14.2 Å². The molecule has 0 spiro atoms. The second kappa shape index (κ2) is 9.54. The lowest BCUT2D eigenvalue weighted by molar-refractivity contribution is 0.0826. The van der Waals surface area contributed by atoms with Gasteiger partial charge in [0.1, 0.15) is 16.5 Å². The Morgan fingerprint density at radius 3 is 2.39 bits per heavy atom. The van der Waals surface area contributed by atoms with Crippen molar-refractivity contribution in [3.8, 4) is 5.69 Å². The molecular formula is C26H21F2N3O4S. The van der Waals surface area contributed by atoms with Crippen molar-refractivity contribution in [3.63, 3.8) is 0 Å². The summed E-state index contributed by atoms with van der Waals surface area (Å²) in [5, 5.41) is 12.7. The van der Waals surface area contributed by atoms with Crippen LogP contribution in [0.1, 0.15) is 22.5 Å². The number of benzene rings is 2. The van der Waals surface area contributed by atoms with Gasteiger partial charge in [-0.25, -0.2) is 13.6 Å². The zero-order chi connectivity index (χ0) is 25.4. The highest BCUT2D eigenvalue weighted by atomic mass is 32.1. The van der Waals surface area contributed by atoms with Crippen molar-refractivity contribution in [2.24, 2.45) is 5.92 Å². The molecule has 1 saturated heterocycles. The first-order chi connectivity index (χ1) is 17.3. The summed E-state index contributed by atoms with van der Waals surface area (Å²) in [7, 11) is 0. The quantitative estimate of drug-likeness (QED) is 0.340. The van der Waals surface area contributed by atoms with Gasteiger partial charge in [0.25, 0.3) is 5.56 Å². The lowest BCUT2D eigenvalue weighted by Gasteiger charge is -2.29. The second-order valence-electron chi connectivity index (χ2n) is 8.52. The average molecular weight is 510 g/mol. The van der Waals surface area contributed by atoms with E-state index in [1.54, 1.807) is 30.3 Å². The molecule has 1 aliphatic rings. The van der Waals surface area contributed by atoms with Crippen molar-refractivity contribution < 1.29 is 23.5 Å². The van der Waals surface area contributed by atoms with Gasteiger partial charge in [-0.1, -0.05) is 18.2 Å². The number of pyridine rings is 1. The molecule has 0 atom stereocenters. The minimum Gasteiger partial charge on any atom is -0.465 e. The normalized spacial score (nSPS) is 14.2. The molecule has 2 aromatic heterocycles. The van der Waals surface area contributed by atoms with E-state index in [1.807, 2.05) is 6.07 Å². The van der Waals surface area contributed by atoms with Gasteiger partial charge in [-0.05, 0) is 43.2 Å². The number of rotatable bonds is 5. The summed E-state index contributed by atoms with van der Waals surface area (Å²) in [6, 6.07) is 15.0. The summed E-state index contributed by atoms with van der Waals surface area (Å²) in [6.07, 6.45) is -0.312. The number of Topliss-reactive ketones (excluding diaryl/α,β-unsaturated/α-hetero) is 1. The zero-order valence-corrected chi connectivity index (χ0v) is 19.7. The number of anilines is 2. The first-order valence-corrected chi connectivity index (χ1v) is 12.1. The maximum atomic E-state index is 14.6. The van der Waals surface area contributed by atoms with Gasteiger partial charge >= 0.3 is 6.09 Å². The molecule has 1 aliphatic heterocycles. The van der Waals surface area contributed by atoms with Gasteiger partial charge in [0.05, 0.1) is 21.9 Å². The number of amides is 1. The van der Waals surface area contributed by atoms with Crippen molar-refractivity contribution in [2.45, 2.75) is 12.8 Å². The highest BCUT2D eigenvalue weighted by Gasteiger charge is 2.31. The van der Waals surface area contributed by atoms with Gasteiger partial charge < -0.3 is 15.3 Å². The maximum Gasteiger partial charge on any atom is 0.407 e. The van der Waals surface area contributed by atoms with Crippen LogP contribution in [0.25, 0.3) is 15.9 Å². The van der Waals surface area contributed by atoms with Crippen LogP contribution in [0, 0.1) is 17.6 Å². The Morgan fingerprint density at radius 1 is 1.00 bits per heavy atom. The van der Waals surface area contributed by atoms with Crippen LogP contribution in [-0.4, -0.2) is 39.5 Å². The molecule has 2 aromatic carbocycles. The minimum absolute atomic E-state index is 0.0108. The number of nitrogens with zero attached hydrogens (tertiary/aromatic N) is 2.